The lowest BCUT2D eigenvalue weighted by Gasteiger charge is -2.19. The summed E-state index contributed by atoms with van der Waals surface area (Å²) in [4.78, 5) is 12.8. The van der Waals surface area contributed by atoms with E-state index in [9.17, 15) is 15.0 Å². The van der Waals surface area contributed by atoms with Gasteiger partial charge in [0.2, 0.25) is 0 Å². The summed E-state index contributed by atoms with van der Waals surface area (Å²) < 4.78 is 10.9. The number of para-hydroxylation sites is 1. The summed E-state index contributed by atoms with van der Waals surface area (Å²) >= 11 is 0. The van der Waals surface area contributed by atoms with Crippen molar-refractivity contribution >= 4 is 5.78 Å². The van der Waals surface area contributed by atoms with Gasteiger partial charge in [-0.2, -0.15) is 0 Å². The third kappa shape index (κ3) is 4.57. The third-order valence-corrected chi connectivity index (χ3v) is 4.41. The molecular weight excluding hydrogens is 356 g/mol. The average molecular weight is 378 g/mol. The number of ether oxygens (including phenoxy) is 2. The lowest BCUT2D eigenvalue weighted by Crippen LogP contribution is -2.28. The number of rotatable bonds is 8. The van der Waals surface area contributed by atoms with Crippen LogP contribution in [0, 0.1) is 0 Å². The van der Waals surface area contributed by atoms with Crippen LogP contribution in [0.3, 0.4) is 0 Å². The van der Waals surface area contributed by atoms with Crippen molar-refractivity contribution in [1.29, 1.82) is 0 Å². The Labute approximate surface area is 163 Å². The zero-order valence-electron chi connectivity index (χ0n) is 15.5. The van der Waals surface area contributed by atoms with Crippen LogP contribution in [0.1, 0.15) is 27.6 Å². The van der Waals surface area contributed by atoms with Gasteiger partial charge in [0.05, 0.1) is 12.7 Å². The van der Waals surface area contributed by atoms with E-state index in [0.29, 0.717) is 23.7 Å². The second-order valence-electron chi connectivity index (χ2n) is 6.30. The van der Waals surface area contributed by atoms with Crippen LogP contribution in [-0.2, 0) is 6.61 Å². The van der Waals surface area contributed by atoms with E-state index in [0.717, 1.165) is 5.56 Å². The Kier molecular flexibility index (Phi) is 6.42. The lowest BCUT2D eigenvalue weighted by atomic mass is 9.96. The van der Waals surface area contributed by atoms with Gasteiger partial charge in [-0.15, -0.1) is 0 Å². The van der Waals surface area contributed by atoms with Crippen molar-refractivity contribution in [2.45, 2.75) is 18.8 Å². The first-order chi connectivity index (χ1) is 13.6. The molecule has 0 bridgehead atoms. The van der Waals surface area contributed by atoms with Gasteiger partial charge in [-0.3, -0.25) is 4.79 Å². The van der Waals surface area contributed by atoms with Crippen LogP contribution in [0.2, 0.25) is 0 Å². The van der Waals surface area contributed by atoms with Crippen molar-refractivity contribution in [3.63, 3.8) is 0 Å². The van der Waals surface area contributed by atoms with Crippen molar-refractivity contribution in [3.8, 4) is 11.5 Å². The van der Waals surface area contributed by atoms with Gasteiger partial charge in [-0.05, 0) is 35.4 Å². The number of aliphatic hydroxyl groups excluding tert-OH is 2. The monoisotopic (exact) mass is 378 g/mol. The van der Waals surface area contributed by atoms with E-state index in [-0.39, 0.29) is 5.56 Å². The number of carbonyl (C=O) groups is 1. The van der Waals surface area contributed by atoms with E-state index in [1.54, 1.807) is 48.5 Å². The fourth-order valence-corrected chi connectivity index (χ4v) is 2.82. The van der Waals surface area contributed by atoms with Gasteiger partial charge in [-0.25, -0.2) is 0 Å². The quantitative estimate of drug-likeness (QED) is 0.586. The average Bonchev–Trinajstić information content (AvgIpc) is 2.77. The molecule has 0 amide bonds. The maximum Gasteiger partial charge on any atom is 0.198 e. The first-order valence-electron chi connectivity index (χ1n) is 8.90. The number of Topliss-reactive ketones (excluding diaryl/α,β-unsaturated/α-hetero) is 1. The maximum absolute atomic E-state index is 12.8. The molecule has 2 N–H and O–H groups in total. The van der Waals surface area contributed by atoms with Crippen LogP contribution in [0.4, 0.5) is 0 Å². The molecule has 0 aliphatic rings. The minimum Gasteiger partial charge on any atom is -0.497 e. The summed E-state index contributed by atoms with van der Waals surface area (Å²) in [5.41, 5.74) is 1.60. The number of methoxy groups -OCH3 is 1. The first kappa shape index (κ1) is 19.6. The molecule has 5 heteroatoms. The molecule has 0 aliphatic heterocycles. The number of ketones is 1. The number of aliphatic hydroxyl groups is 2. The van der Waals surface area contributed by atoms with Gasteiger partial charge >= 0.3 is 0 Å². The highest BCUT2D eigenvalue weighted by atomic mass is 16.5. The second-order valence-corrected chi connectivity index (χ2v) is 6.30. The fourth-order valence-electron chi connectivity index (χ4n) is 2.82. The van der Waals surface area contributed by atoms with E-state index in [1.807, 2.05) is 30.3 Å². The molecule has 2 atom stereocenters. The molecular formula is C23H22O5. The molecule has 2 unspecified atom stereocenters. The Hall–Kier alpha value is -3.15. The third-order valence-electron chi connectivity index (χ3n) is 4.41. The van der Waals surface area contributed by atoms with Crippen LogP contribution in [-0.4, -0.2) is 29.2 Å². The molecule has 3 aromatic rings. The second kappa shape index (κ2) is 9.17. The number of carbonyl (C=O) groups excluding carboxylic acids is 1. The van der Waals surface area contributed by atoms with E-state index in [1.165, 1.54) is 7.11 Å². The van der Waals surface area contributed by atoms with Gasteiger partial charge in [0.15, 0.2) is 5.78 Å². The van der Waals surface area contributed by atoms with Crippen LogP contribution >= 0.6 is 0 Å². The fraction of sp³-hybridized carbons (Fsp3) is 0.174. The molecule has 3 aromatic carbocycles. The lowest BCUT2D eigenvalue weighted by molar-refractivity contribution is 0.0201. The smallest absolute Gasteiger partial charge is 0.198 e. The van der Waals surface area contributed by atoms with Gasteiger partial charge in [0.25, 0.3) is 0 Å². The van der Waals surface area contributed by atoms with E-state index < -0.39 is 18.0 Å². The van der Waals surface area contributed by atoms with Gasteiger partial charge in [0, 0.05) is 0 Å². The zero-order chi connectivity index (χ0) is 19.9. The zero-order valence-corrected chi connectivity index (χ0v) is 15.5. The van der Waals surface area contributed by atoms with E-state index in [4.69, 9.17) is 9.47 Å². The van der Waals surface area contributed by atoms with Gasteiger partial charge in [0.1, 0.15) is 30.3 Å². The minimum atomic E-state index is -1.62. The molecule has 28 heavy (non-hydrogen) atoms. The van der Waals surface area contributed by atoms with Crippen LogP contribution in [0.25, 0.3) is 0 Å². The number of benzene rings is 3. The normalized spacial score (nSPS) is 12.8. The van der Waals surface area contributed by atoms with Crippen molar-refractivity contribution in [3.05, 3.63) is 95.6 Å². The predicted molar refractivity (Wildman–Crippen MR) is 106 cm³/mol. The maximum atomic E-state index is 12.8. The van der Waals surface area contributed by atoms with Gasteiger partial charge < -0.3 is 19.7 Å². The van der Waals surface area contributed by atoms with E-state index in [2.05, 4.69) is 0 Å². The first-order valence-corrected chi connectivity index (χ1v) is 8.90. The molecule has 0 fully saturated rings. The largest absolute Gasteiger partial charge is 0.497 e. The number of hydrogen-bond acceptors (Lipinski definition) is 5. The van der Waals surface area contributed by atoms with Crippen LogP contribution in [0.5, 0.6) is 11.5 Å². The molecule has 5 nitrogen and oxygen atoms in total. The highest BCUT2D eigenvalue weighted by Crippen LogP contribution is 2.26. The molecule has 0 aromatic heterocycles. The summed E-state index contributed by atoms with van der Waals surface area (Å²) in [5.74, 6) is 0.376. The molecule has 0 aliphatic carbocycles. The van der Waals surface area contributed by atoms with Crippen molar-refractivity contribution in [2.75, 3.05) is 7.11 Å². The minimum absolute atomic E-state index is 0.221. The van der Waals surface area contributed by atoms with Crippen molar-refractivity contribution < 1.29 is 24.5 Å². The van der Waals surface area contributed by atoms with Crippen molar-refractivity contribution in [1.82, 2.24) is 0 Å². The highest BCUT2D eigenvalue weighted by Gasteiger charge is 2.28. The molecule has 0 heterocycles. The molecule has 0 radical (unpaired) electrons. The van der Waals surface area contributed by atoms with E-state index >= 15 is 0 Å². The molecule has 144 valence electrons. The summed E-state index contributed by atoms with van der Waals surface area (Å²) in [6, 6.07) is 22.8. The Balaban J connectivity index is 1.75. The summed E-state index contributed by atoms with van der Waals surface area (Å²) in [7, 11) is 1.54. The summed E-state index contributed by atoms with van der Waals surface area (Å²) in [6.07, 6.45) is -2.98. The number of hydrogen-bond donors (Lipinski definition) is 2. The Morgan fingerprint density at radius 3 is 2.21 bits per heavy atom. The molecule has 3 rings (SSSR count). The summed E-state index contributed by atoms with van der Waals surface area (Å²) in [5, 5.41) is 20.9. The Bertz CT molecular complexity index is 906. The molecule has 0 spiro atoms. The Morgan fingerprint density at radius 1 is 0.893 bits per heavy atom. The highest BCUT2D eigenvalue weighted by molar-refractivity contribution is 6.02. The SMILES string of the molecule is COc1ccc(C(O)C(O)C(=O)c2ccccc2OCc2ccccc2)cc1. The van der Waals surface area contributed by atoms with Crippen LogP contribution in [0.15, 0.2) is 78.9 Å². The molecule has 0 saturated carbocycles. The predicted octanol–water partition coefficient (Wildman–Crippen LogP) is 3.55. The molecule has 0 saturated heterocycles. The van der Waals surface area contributed by atoms with Crippen LogP contribution < -0.4 is 9.47 Å². The summed E-state index contributed by atoms with van der Waals surface area (Å²) in [6.45, 7) is 0.294. The Morgan fingerprint density at radius 2 is 1.54 bits per heavy atom. The van der Waals surface area contributed by atoms with Crippen molar-refractivity contribution in [2.24, 2.45) is 0 Å². The standard InChI is InChI=1S/C23H22O5/c1-27-18-13-11-17(12-14-18)21(24)23(26)22(25)19-9-5-6-10-20(19)28-15-16-7-3-2-4-8-16/h2-14,21,23-24,26H,15H2,1H3. The topological polar surface area (TPSA) is 76.0 Å². The van der Waals surface area contributed by atoms with Gasteiger partial charge in [-0.1, -0.05) is 54.6 Å².